The van der Waals surface area contributed by atoms with Crippen LogP contribution in [0.5, 0.6) is 5.75 Å². The third kappa shape index (κ3) is 4.76. The molecule has 0 atom stereocenters. The van der Waals surface area contributed by atoms with E-state index in [1.165, 1.54) is 11.8 Å². The van der Waals surface area contributed by atoms with Crippen LogP contribution in [-0.4, -0.2) is 23.4 Å². The molecule has 3 nitrogen and oxygen atoms in total. The molecule has 0 aliphatic rings. The first kappa shape index (κ1) is 12.5. The molecule has 0 radical (unpaired) electrons. The van der Waals surface area contributed by atoms with E-state index in [-0.39, 0.29) is 5.75 Å². The highest BCUT2D eigenvalue weighted by atomic mass is 32.2. The van der Waals surface area contributed by atoms with Gasteiger partial charge in [0.25, 0.3) is 0 Å². The molecular weight excluding hydrogens is 224 g/mol. The molecule has 0 unspecified atom stereocenters. The van der Waals surface area contributed by atoms with Crippen LogP contribution in [-0.2, 0) is 4.79 Å². The summed E-state index contributed by atoms with van der Waals surface area (Å²) in [6.07, 6.45) is 0. The Bertz CT molecular complexity index is 418. The first-order valence-corrected chi connectivity index (χ1v) is 5.68. The summed E-state index contributed by atoms with van der Waals surface area (Å²) in [4.78, 5) is 11.3. The van der Waals surface area contributed by atoms with Gasteiger partial charge < -0.3 is 9.84 Å². The summed E-state index contributed by atoms with van der Waals surface area (Å²) < 4.78 is 5.36. The number of carboxylic acid groups (broad SMARTS) is 1. The van der Waals surface area contributed by atoms with Gasteiger partial charge >= 0.3 is 5.97 Å². The van der Waals surface area contributed by atoms with E-state index in [2.05, 4.69) is 11.8 Å². The van der Waals surface area contributed by atoms with Crippen molar-refractivity contribution in [1.29, 1.82) is 0 Å². The molecule has 1 aromatic rings. The summed E-state index contributed by atoms with van der Waals surface area (Å²) in [6.45, 7) is 2.10. The summed E-state index contributed by atoms with van der Waals surface area (Å²) in [5.74, 6) is 5.46. The van der Waals surface area contributed by atoms with Crippen LogP contribution in [0, 0.1) is 11.8 Å². The molecule has 0 aliphatic heterocycles. The van der Waals surface area contributed by atoms with Gasteiger partial charge in [-0.15, -0.1) is 17.7 Å². The van der Waals surface area contributed by atoms with Crippen molar-refractivity contribution in [2.45, 2.75) is 11.8 Å². The molecular formula is C12H12O3S. The molecule has 0 amide bonds. The molecule has 16 heavy (non-hydrogen) atoms. The van der Waals surface area contributed by atoms with Gasteiger partial charge in [0.2, 0.25) is 0 Å². The predicted octanol–water partition coefficient (Wildman–Crippen LogP) is 2.27. The summed E-state index contributed by atoms with van der Waals surface area (Å²) in [7, 11) is 0. The first-order chi connectivity index (χ1) is 7.72. The number of carboxylic acids is 1. The van der Waals surface area contributed by atoms with Gasteiger partial charge in [0.1, 0.15) is 12.4 Å². The van der Waals surface area contributed by atoms with Gasteiger partial charge in [0.05, 0.1) is 5.75 Å². The Morgan fingerprint density at radius 3 is 3.06 bits per heavy atom. The number of aliphatic carboxylic acids is 1. The molecule has 0 saturated carbocycles. The minimum atomic E-state index is -0.826. The van der Waals surface area contributed by atoms with Crippen molar-refractivity contribution in [3.05, 3.63) is 24.3 Å². The number of hydrogen-bond donors (Lipinski definition) is 1. The molecule has 84 valence electrons. The number of rotatable bonds is 5. The second-order valence-electron chi connectivity index (χ2n) is 2.87. The Labute approximate surface area is 98.8 Å². The number of benzene rings is 1. The predicted molar refractivity (Wildman–Crippen MR) is 63.7 cm³/mol. The molecule has 0 spiro atoms. The Morgan fingerprint density at radius 1 is 1.56 bits per heavy atom. The maximum atomic E-state index is 10.4. The standard InChI is InChI=1S/C12H12O3S/c1-2-3-7-15-10-5-4-6-11(8-10)16-9-12(13)14/h4-6,8H,7,9H2,1H3,(H,13,14). The molecule has 0 aromatic heterocycles. The summed E-state index contributed by atoms with van der Waals surface area (Å²) >= 11 is 1.27. The number of carbonyl (C=O) groups is 1. The SMILES string of the molecule is CC#CCOc1cccc(SCC(=O)O)c1. The lowest BCUT2D eigenvalue weighted by atomic mass is 10.3. The van der Waals surface area contributed by atoms with Crippen molar-refractivity contribution >= 4 is 17.7 Å². The van der Waals surface area contributed by atoms with Crippen LogP contribution in [0.3, 0.4) is 0 Å². The van der Waals surface area contributed by atoms with Gasteiger partial charge in [-0.25, -0.2) is 0 Å². The lowest BCUT2D eigenvalue weighted by molar-refractivity contribution is -0.133. The molecule has 0 saturated heterocycles. The van der Waals surface area contributed by atoms with Crippen molar-refractivity contribution in [3.8, 4) is 17.6 Å². The average molecular weight is 236 g/mol. The molecule has 0 heterocycles. The van der Waals surface area contributed by atoms with Crippen LogP contribution in [0.25, 0.3) is 0 Å². The largest absolute Gasteiger partial charge is 0.481 e. The van der Waals surface area contributed by atoms with Crippen molar-refractivity contribution in [1.82, 2.24) is 0 Å². The lowest BCUT2D eigenvalue weighted by Crippen LogP contribution is -1.97. The fraction of sp³-hybridized carbons (Fsp3) is 0.250. The van der Waals surface area contributed by atoms with E-state index in [0.717, 1.165) is 4.90 Å². The van der Waals surface area contributed by atoms with Gasteiger partial charge in [0.15, 0.2) is 0 Å². The van der Waals surface area contributed by atoms with E-state index in [9.17, 15) is 4.79 Å². The zero-order valence-electron chi connectivity index (χ0n) is 8.90. The zero-order chi connectivity index (χ0) is 11.8. The van der Waals surface area contributed by atoms with E-state index in [4.69, 9.17) is 9.84 Å². The molecule has 1 N–H and O–H groups in total. The van der Waals surface area contributed by atoms with Crippen molar-refractivity contribution < 1.29 is 14.6 Å². The second kappa shape index (κ2) is 6.81. The smallest absolute Gasteiger partial charge is 0.313 e. The van der Waals surface area contributed by atoms with E-state index < -0.39 is 5.97 Å². The van der Waals surface area contributed by atoms with Crippen molar-refractivity contribution in [3.63, 3.8) is 0 Å². The third-order valence-electron chi connectivity index (χ3n) is 1.66. The average Bonchev–Trinajstić information content (AvgIpc) is 2.27. The van der Waals surface area contributed by atoms with E-state index in [1.54, 1.807) is 6.92 Å². The number of thioether (sulfide) groups is 1. The molecule has 4 heteroatoms. The highest BCUT2D eigenvalue weighted by Gasteiger charge is 2.00. The van der Waals surface area contributed by atoms with Crippen LogP contribution in [0.15, 0.2) is 29.2 Å². The van der Waals surface area contributed by atoms with E-state index in [0.29, 0.717) is 12.4 Å². The van der Waals surface area contributed by atoms with Gasteiger partial charge in [-0.2, -0.15) is 0 Å². The van der Waals surface area contributed by atoms with Crippen LogP contribution in [0.1, 0.15) is 6.92 Å². The molecule has 1 rings (SSSR count). The van der Waals surface area contributed by atoms with Crippen LogP contribution in [0.4, 0.5) is 0 Å². The fourth-order valence-corrected chi connectivity index (χ4v) is 1.65. The zero-order valence-corrected chi connectivity index (χ0v) is 9.71. The van der Waals surface area contributed by atoms with Crippen LogP contribution >= 0.6 is 11.8 Å². The fourth-order valence-electron chi connectivity index (χ4n) is 0.990. The van der Waals surface area contributed by atoms with Crippen molar-refractivity contribution in [2.24, 2.45) is 0 Å². The van der Waals surface area contributed by atoms with Crippen molar-refractivity contribution in [2.75, 3.05) is 12.4 Å². The normalized spacial score (nSPS) is 9.06. The molecule has 1 aromatic carbocycles. The maximum absolute atomic E-state index is 10.4. The van der Waals surface area contributed by atoms with Gasteiger partial charge in [-0.1, -0.05) is 12.0 Å². The third-order valence-corrected chi connectivity index (χ3v) is 2.63. The van der Waals surface area contributed by atoms with Gasteiger partial charge in [-0.05, 0) is 25.1 Å². The summed E-state index contributed by atoms with van der Waals surface area (Å²) in [5, 5.41) is 8.55. The topological polar surface area (TPSA) is 46.5 Å². The quantitative estimate of drug-likeness (QED) is 0.629. The monoisotopic (exact) mass is 236 g/mol. The highest BCUT2D eigenvalue weighted by molar-refractivity contribution is 8.00. The number of hydrogen-bond acceptors (Lipinski definition) is 3. The molecule has 0 aliphatic carbocycles. The van der Waals surface area contributed by atoms with Gasteiger partial charge in [-0.3, -0.25) is 4.79 Å². The number of ether oxygens (including phenoxy) is 1. The molecule has 0 fully saturated rings. The lowest BCUT2D eigenvalue weighted by Gasteiger charge is -2.04. The summed E-state index contributed by atoms with van der Waals surface area (Å²) in [5.41, 5.74) is 0. The Balaban J connectivity index is 2.55. The van der Waals surface area contributed by atoms with E-state index >= 15 is 0 Å². The van der Waals surface area contributed by atoms with Crippen LogP contribution < -0.4 is 4.74 Å². The minimum absolute atomic E-state index is 0.0538. The van der Waals surface area contributed by atoms with Crippen LogP contribution in [0.2, 0.25) is 0 Å². The Kier molecular flexibility index (Phi) is 5.30. The Hall–Kier alpha value is -1.60. The van der Waals surface area contributed by atoms with E-state index in [1.807, 2.05) is 24.3 Å². The van der Waals surface area contributed by atoms with Gasteiger partial charge in [0, 0.05) is 4.90 Å². The highest BCUT2D eigenvalue weighted by Crippen LogP contribution is 2.22. The summed E-state index contributed by atoms with van der Waals surface area (Å²) in [6, 6.07) is 7.32. The first-order valence-electron chi connectivity index (χ1n) is 4.69. The minimum Gasteiger partial charge on any atom is -0.481 e. The second-order valence-corrected chi connectivity index (χ2v) is 3.92. The Morgan fingerprint density at radius 2 is 2.38 bits per heavy atom. The molecule has 0 bridgehead atoms. The maximum Gasteiger partial charge on any atom is 0.313 e.